The number of hydrogen-bond donors (Lipinski definition) is 9. The number of carbonyl (C=O) groups is 6. The lowest BCUT2D eigenvalue weighted by Crippen LogP contribution is -2.57. The molecule has 4 amide bonds. The smallest absolute Gasteiger partial charge is 0.326 e. The van der Waals surface area contributed by atoms with Crippen LogP contribution >= 0.6 is 12.6 Å². The van der Waals surface area contributed by atoms with Gasteiger partial charge in [0.05, 0.1) is 6.04 Å². The maximum atomic E-state index is 12.8. The van der Waals surface area contributed by atoms with Gasteiger partial charge in [-0.05, 0) is 38.6 Å². The van der Waals surface area contributed by atoms with Crippen LogP contribution in [0, 0.1) is 0 Å². The van der Waals surface area contributed by atoms with E-state index in [1.807, 2.05) is 0 Å². The van der Waals surface area contributed by atoms with Crippen LogP contribution < -0.4 is 33.2 Å². The zero-order valence-electron chi connectivity index (χ0n) is 18.7. The molecule has 0 aliphatic carbocycles. The predicted molar refractivity (Wildman–Crippen MR) is 123 cm³/mol. The molecule has 34 heavy (non-hydrogen) atoms. The standard InChI is InChI=1S/C19H34N6O8S/c20-8-2-1-3-11(17(30)25-13(19(32)33)5-7-15(27)28)24-18(31)12(4-6-14(22)26)23-16(29)10(21)9-34/h10-13,34H,1-9,20-21H2,(H2,22,26)(H,23,29)(H,24,31)(H,25,30)(H,27,28)(H,32,33). The summed E-state index contributed by atoms with van der Waals surface area (Å²) in [6, 6.07) is -4.98. The number of carbonyl (C=O) groups excluding carboxylic acids is 4. The van der Waals surface area contributed by atoms with Gasteiger partial charge in [0, 0.05) is 18.6 Å². The van der Waals surface area contributed by atoms with E-state index in [1.165, 1.54) is 0 Å². The topological polar surface area (TPSA) is 257 Å². The van der Waals surface area contributed by atoms with E-state index in [1.54, 1.807) is 0 Å². The monoisotopic (exact) mass is 506 g/mol. The van der Waals surface area contributed by atoms with Crippen molar-refractivity contribution in [2.75, 3.05) is 12.3 Å². The summed E-state index contributed by atoms with van der Waals surface area (Å²) in [7, 11) is 0. The van der Waals surface area contributed by atoms with Crippen LogP contribution in [-0.2, 0) is 28.8 Å². The van der Waals surface area contributed by atoms with E-state index >= 15 is 0 Å². The molecular weight excluding hydrogens is 472 g/mol. The lowest BCUT2D eigenvalue weighted by Gasteiger charge is -2.25. The normalized spacial score (nSPS) is 14.2. The molecule has 0 bridgehead atoms. The Morgan fingerprint density at radius 2 is 1.26 bits per heavy atom. The Morgan fingerprint density at radius 3 is 1.74 bits per heavy atom. The summed E-state index contributed by atoms with van der Waals surface area (Å²) in [5.41, 5.74) is 16.2. The summed E-state index contributed by atoms with van der Waals surface area (Å²) in [5.74, 6) is -5.77. The molecule has 4 atom stereocenters. The molecule has 0 aliphatic heterocycles. The van der Waals surface area contributed by atoms with Gasteiger partial charge in [-0.15, -0.1) is 0 Å². The van der Waals surface area contributed by atoms with E-state index in [9.17, 15) is 33.9 Å². The lowest BCUT2D eigenvalue weighted by atomic mass is 10.0. The van der Waals surface area contributed by atoms with Crippen LogP contribution in [0.15, 0.2) is 0 Å². The molecule has 0 heterocycles. The number of amides is 4. The van der Waals surface area contributed by atoms with Gasteiger partial charge in [-0.2, -0.15) is 12.6 Å². The van der Waals surface area contributed by atoms with Gasteiger partial charge in [0.1, 0.15) is 18.1 Å². The van der Waals surface area contributed by atoms with E-state index in [-0.39, 0.29) is 31.4 Å². The van der Waals surface area contributed by atoms with Crippen molar-refractivity contribution in [3.8, 4) is 0 Å². The van der Waals surface area contributed by atoms with E-state index in [0.717, 1.165) is 0 Å². The Morgan fingerprint density at radius 1 is 0.765 bits per heavy atom. The number of rotatable bonds is 18. The van der Waals surface area contributed by atoms with Crippen LogP contribution in [0.1, 0.15) is 44.9 Å². The molecule has 0 aromatic rings. The van der Waals surface area contributed by atoms with E-state index in [4.69, 9.17) is 22.3 Å². The number of carboxylic acid groups (broad SMARTS) is 2. The van der Waals surface area contributed by atoms with Crippen molar-refractivity contribution in [1.82, 2.24) is 16.0 Å². The van der Waals surface area contributed by atoms with Gasteiger partial charge in [-0.3, -0.25) is 24.0 Å². The number of unbranched alkanes of at least 4 members (excludes halogenated alkanes) is 1. The molecule has 0 aliphatic rings. The third kappa shape index (κ3) is 13.0. The molecule has 14 nitrogen and oxygen atoms in total. The molecule has 11 N–H and O–H groups in total. The molecule has 0 aromatic heterocycles. The summed E-state index contributed by atoms with van der Waals surface area (Å²) < 4.78 is 0. The first kappa shape index (κ1) is 31.1. The first-order chi connectivity index (χ1) is 15.9. The summed E-state index contributed by atoms with van der Waals surface area (Å²) in [5, 5.41) is 25.1. The molecule has 4 unspecified atom stereocenters. The first-order valence-corrected chi connectivity index (χ1v) is 11.3. The fraction of sp³-hybridized carbons (Fsp3) is 0.684. The second kappa shape index (κ2) is 16.7. The second-order valence-electron chi connectivity index (χ2n) is 7.53. The average molecular weight is 507 g/mol. The zero-order valence-corrected chi connectivity index (χ0v) is 19.6. The lowest BCUT2D eigenvalue weighted by molar-refractivity contribution is -0.143. The summed E-state index contributed by atoms with van der Waals surface area (Å²) >= 11 is 3.91. The highest BCUT2D eigenvalue weighted by molar-refractivity contribution is 7.80. The molecule has 0 aromatic carbocycles. The van der Waals surface area contributed by atoms with Crippen LogP contribution in [-0.4, -0.2) is 82.2 Å². The van der Waals surface area contributed by atoms with Gasteiger partial charge in [0.25, 0.3) is 0 Å². The van der Waals surface area contributed by atoms with Crippen molar-refractivity contribution in [3.63, 3.8) is 0 Å². The minimum Gasteiger partial charge on any atom is -0.481 e. The number of carboxylic acids is 2. The van der Waals surface area contributed by atoms with Crippen LogP contribution in [0.25, 0.3) is 0 Å². The number of aliphatic carboxylic acids is 2. The van der Waals surface area contributed by atoms with Gasteiger partial charge in [-0.25, -0.2) is 4.79 Å². The summed E-state index contributed by atoms with van der Waals surface area (Å²) in [6.45, 7) is 0.317. The van der Waals surface area contributed by atoms with Crippen LogP contribution in [0.5, 0.6) is 0 Å². The van der Waals surface area contributed by atoms with E-state index in [2.05, 4.69) is 28.6 Å². The second-order valence-corrected chi connectivity index (χ2v) is 7.90. The third-order valence-corrected chi connectivity index (χ3v) is 5.08. The number of hydrogen-bond acceptors (Lipinski definition) is 9. The zero-order chi connectivity index (χ0) is 26.3. The number of thiol groups is 1. The quantitative estimate of drug-likeness (QED) is 0.0674. The predicted octanol–water partition coefficient (Wildman–Crippen LogP) is -2.96. The minimum atomic E-state index is -1.49. The Kier molecular flexibility index (Phi) is 15.2. The first-order valence-electron chi connectivity index (χ1n) is 10.6. The van der Waals surface area contributed by atoms with Gasteiger partial charge in [0.2, 0.25) is 23.6 Å². The van der Waals surface area contributed by atoms with Crippen molar-refractivity contribution in [2.24, 2.45) is 17.2 Å². The molecule has 15 heteroatoms. The van der Waals surface area contributed by atoms with Gasteiger partial charge >= 0.3 is 11.9 Å². The summed E-state index contributed by atoms with van der Waals surface area (Å²) in [6.07, 6.45) is -0.252. The fourth-order valence-electron chi connectivity index (χ4n) is 2.75. The molecule has 0 fully saturated rings. The average Bonchev–Trinajstić information content (AvgIpc) is 2.77. The third-order valence-electron chi connectivity index (χ3n) is 4.69. The Balaban J connectivity index is 5.53. The maximum Gasteiger partial charge on any atom is 0.326 e. The van der Waals surface area contributed by atoms with Crippen molar-refractivity contribution in [1.29, 1.82) is 0 Å². The van der Waals surface area contributed by atoms with Crippen molar-refractivity contribution in [3.05, 3.63) is 0 Å². The summed E-state index contributed by atoms with van der Waals surface area (Å²) in [4.78, 5) is 71.0. The highest BCUT2D eigenvalue weighted by Crippen LogP contribution is 2.06. The van der Waals surface area contributed by atoms with E-state index < -0.39 is 66.2 Å². The Labute approximate surface area is 202 Å². The molecule has 0 saturated carbocycles. The van der Waals surface area contributed by atoms with Crippen LogP contribution in [0.2, 0.25) is 0 Å². The molecule has 0 saturated heterocycles. The molecular formula is C19H34N6O8S. The molecule has 0 spiro atoms. The Bertz CT molecular complexity index is 738. The highest BCUT2D eigenvalue weighted by Gasteiger charge is 2.30. The number of nitrogens with one attached hydrogen (secondary N) is 3. The number of nitrogens with two attached hydrogens (primary N) is 3. The van der Waals surface area contributed by atoms with Crippen molar-refractivity contribution < 1.29 is 39.0 Å². The maximum absolute atomic E-state index is 12.8. The van der Waals surface area contributed by atoms with Gasteiger partial charge in [0.15, 0.2) is 0 Å². The minimum absolute atomic E-state index is 0.00691. The van der Waals surface area contributed by atoms with E-state index in [0.29, 0.717) is 19.4 Å². The molecule has 0 rings (SSSR count). The van der Waals surface area contributed by atoms with Crippen LogP contribution in [0.3, 0.4) is 0 Å². The highest BCUT2D eigenvalue weighted by atomic mass is 32.1. The fourth-order valence-corrected chi connectivity index (χ4v) is 2.91. The van der Waals surface area contributed by atoms with Crippen molar-refractivity contribution >= 4 is 48.2 Å². The molecule has 0 radical (unpaired) electrons. The van der Waals surface area contributed by atoms with Gasteiger partial charge in [-0.1, -0.05) is 0 Å². The van der Waals surface area contributed by atoms with Crippen LogP contribution in [0.4, 0.5) is 0 Å². The van der Waals surface area contributed by atoms with Gasteiger partial charge < -0.3 is 43.4 Å². The molecule has 194 valence electrons. The SMILES string of the molecule is NCCCCC(NC(=O)C(CCC(N)=O)NC(=O)C(N)CS)C(=O)NC(CCC(=O)O)C(=O)O. The number of primary amides is 1. The largest absolute Gasteiger partial charge is 0.481 e. The Hall–Kier alpha value is -2.91. The van der Waals surface area contributed by atoms with Crippen molar-refractivity contribution in [2.45, 2.75) is 69.1 Å².